The maximum Gasteiger partial charge on any atom is 0.417 e. The van der Waals surface area contributed by atoms with Crippen molar-refractivity contribution in [2.24, 2.45) is 0 Å². The Hall–Kier alpha value is -1.54. The molecule has 0 aliphatic carbocycles. The van der Waals surface area contributed by atoms with E-state index in [0.29, 0.717) is 11.9 Å². The summed E-state index contributed by atoms with van der Waals surface area (Å²) in [6, 6.07) is 4.99. The van der Waals surface area contributed by atoms with Crippen molar-refractivity contribution in [1.82, 2.24) is 4.98 Å². The summed E-state index contributed by atoms with van der Waals surface area (Å²) >= 11 is 23.2. The highest BCUT2D eigenvalue weighted by atomic mass is 35.5. The van der Waals surface area contributed by atoms with Crippen molar-refractivity contribution >= 4 is 46.4 Å². The van der Waals surface area contributed by atoms with Gasteiger partial charge in [0.05, 0.1) is 15.6 Å². The van der Waals surface area contributed by atoms with Crippen molar-refractivity contribution in [1.29, 1.82) is 0 Å². The summed E-state index contributed by atoms with van der Waals surface area (Å²) in [5.74, 6) is 0.632. The molecule has 0 N–H and O–H groups in total. The number of aromatic nitrogens is 1. The maximum atomic E-state index is 12.5. The highest BCUT2D eigenvalue weighted by molar-refractivity contribution is 6.55. The summed E-state index contributed by atoms with van der Waals surface area (Å²) in [6.07, 6.45) is -2.32. The highest BCUT2D eigenvalue weighted by Crippen LogP contribution is 2.37. The number of alkyl halides is 3. The van der Waals surface area contributed by atoms with Crippen LogP contribution < -0.4 is 14.2 Å². The molecule has 28 heavy (non-hydrogen) atoms. The maximum absolute atomic E-state index is 12.5. The van der Waals surface area contributed by atoms with Gasteiger partial charge >= 0.3 is 6.18 Å². The molecular weight excluding hydrogens is 465 g/mol. The first-order chi connectivity index (χ1) is 13.2. The summed E-state index contributed by atoms with van der Waals surface area (Å²) in [7, 11) is 0. The number of ether oxygens (including phenoxy) is 3. The SMILES string of the molecule is FC(F)(F)c1ccc(OCCOc2c(Cl)cc(OCC=C(Cl)Cl)cc2Cl)nc1. The molecule has 0 saturated carbocycles. The molecule has 2 rings (SSSR count). The normalized spacial score (nSPS) is 11.1. The van der Waals surface area contributed by atoms with Crippen LogP contribution in [0.15, 0.2) is 41.0 Å². The van der Waals surface area contributed by atoms with Crippen molar-refractivity contribution in [3.63, 3.8) is 0 Å². The summed E-state index contributed by atoms with van der Waals surface area (Å²) in [4.78, 5) is 3.59. The first kappa shape index (κ1) is 22.7. The van der Waals surface area contributed by atoms with E-state index in [1.54, 1.807) is 0 Å². The van der Waals surface area contributed by atoms with Gasteiger partial charge in [0.1, 0.15) is 30.1 Å². The van der Waals surface area contributed by atoms with Crippen molar-refractivity contribution in [2.45, 2.75) is 6.18 Å². The Morgan fingerprint density at radius 2 is 1.64 bits per heavy atom. The molecule has 0 unspecified atom stereocenters. The van der Waals surface area contributed by atoms with Gasteiger partial charge in [-0.05, 0) is 12.1 Å². The number of hydrogen-bond donors (Lipinski definition) is 0. The van der Waals surface area contributed by atoms with Crippen LogP contribution in [0.1, 0.15) is 5.56 Å². The van der Waals surface area contributed by atoms with Crippen LogP contribution in [0.25, 0.3) is 0 Å². The molecule has 1 aromatic heterocycles. The van der Waals surface area contributed by atoms with Crippen LogP contribution in [-0.2, 0) is 6.18 Å². The standard InChI is InChI=1S/C17H12Cl4F3NO3/c18-12-7-11(26-4-3-14(20)21)8-13(19)16(12)28-6-5-27-15-2-1-10(9-25-15)17(22,23)24/h1-3,7-9H,4-6H2. The average Bonchev–Trinajstić information content (AvgIpc) is 2.60. The Morgan fingerprint density at radius 1 is 1.00 bits per heavy atom. The highest BCUT2D eigenvalue weighted by Gasteiger charge is 2.30. The van der Waals surface area contributed by atoms with Crippen molar-refractivity contribution in [2.75, 3.05) is 19.8 Å². The average molecular weight is 477 g/mol. The minimum absolute atomic E-state index is 0.0162. The van der Waals surface area contributed by atoms with E-state index in [2.05, 4.69) is 4.98 Å². The smallest absolute Gasteiger partial charge is 0.417 e. The van der Waals surface area contributed by atoms with E-state index in [-0.39, 0.29) is 46.0 Å². The third kappa shape index (κ3) is 7.13. The van der Waals surface area contributed by atoms with Gasteiger partial charge in [-0.2, -0.15) is 13.2 Å². The fourth-order valence-corrected chi connectivity index (χ4v) is 2.58. The molecule has 0 atom stereocenters. The first-order valence-corrected chi connectivity index (χ1v) is 9.10. The molecule has 152 valence electrons. The second kappa shape index (κ2) is 10.3. The molecular formula is C17H12Cl4F3NO3. The Kier molecular flexibility index (Phi) is 8.37. The molecule has 4 nitrogen and oxygen atoms in total. The Bertz CT molecular complexity index is 802. The predicted octanol–water partition coefficient (Wildman–Crippen LogP) is 6.56. The number of halogens is 7. The molecule has 0 bridgehead atoms. The molecule has 0 amide bonds. The van der Waals surface area contributed by atoms with E-state index in [0.717, 1.165) is 12.1 Å². The van der Waals surface area contributed by atoms with Crippen LogP contribution in [0.3, 0.4) is 0 Å². The van der Waals surface area contributed by atoms with Gasteiger partial charge in [-0.15, -0.1) is 0 Å². The van der Waals surface area contributed by atoms with E-state index in [1.165, 1.54) is 18.2 Å². The van der Waals surface area contributed by atoms with E-state index in [4.69, 9.17) is 60.6 Å². The van der Waals surface area contributed by atoms with E-state index in [1.807, 2.05) is 0 Å². The topological polar surface area (TPSA) is 40.6 Å². The Morgan fingerprint density at radius 3 is 2.18 bits per heavy atom. The number of rotatable bonds is 8. The number of pyridine rings is 1. The van der Waals surface area contributed by atoms with Crippen LogP contribution in [0, 0.1) is 0 Å². The summed E-state index contributed by atoms with van der Waals surface area (Å²) < 4.78 is 53.5. The minimum Gasteiger partial charge on any atom is -0.489 e. The fourth-order valence-electron chi connectivity index (χ4n) is 1.88. The van der Waals surface area contributed by atoms with Crippen LogP contribution in [-0.4, -0.2) is 24.8 Å². The molecule has 2 aromatic rings. The minimum atomic E-state index is -4.45. The lowest BCUT2D eigenvalue weighted by molar-refractivity contribution is -0.137. The molecule has 1 aromatic carbocycles. The summed E-state index contributed by atoms with van der Waals surface area (Å²) in [5, 5.41) is 0.409. The van der Waals surface area contributed by atoms with Crippen molar-refractivity contribution in [3.8, 4) is 17.4 Å². The quantitative estimate of drug-likeness (QED) is 0.404. The third-order valence-corrected chi connectivity index (χ3v) is 3.97. The second-order valence-electron chi connectivity index (χ2n) is 5.10. The lowest BCUT2D eigenvalue weighted by Gasteiger charge is -2.13. The monoisotopic (exact) mass is 475 g/mol. The summed E-state index contributed by atoms with van der Waals surface area (Å²) in [6.45, 7) is 0.179. The lowest BCUT2D eigenvalue weighted by Crippen LogP contribution is -2.11. The molecule has 0 aliphatic rings. The van der Waals surface area contributed by atoms with Gasteiger partial charge in [0, 0.05) is 24.4 Å². The number of benzene rings is 1. The molecule has 0 fully saturated rings. The zero-order valence-corrected chi connectivity index (χ0v) is 16.9. The molecule has 11 heteroatoms. The molecule has 0 radical (unpaired) electrons. The fraction of sp³-hybridized carbons (Fsp3) is 0.235. The van der Waals surface area contributed by atoms with Gasteiger partial charge in [0.15, 0.2) is 5.75 Å². The Balaban J connectivity index is 1.86. The predicted molar refractivity (Wildman–Crippen MR) is 102 cm³/mol. The molecule has 1 heterocycles. The van der Waals surface area contributed by atoms with Gasteiger partial charge < -0.3 is 14.2 Å². The Labute approximate surface area is 178 Å². The van der Waals surface area contributed by atoms with Gasteiger partial charge in [0.2, 0.25) is 5.88 Å². The van der Waals surface area contributed by atoms with Crippen LogP contribution in [0.2, 0.25) is 10.0 Å². The zero-order valence-electron chi connectivity index (χ0n) is 13.9. The van der Waals surface area contributed by atoms with Crippen LogP contribution >= 0.6 is 46.4 Å². The van der Waals surface area contributed by atoms with Crippen LogP contribution in [0.4, 0.5) is 13.2 Å². The number of nitrogens with zero attached hydrogens (tertiary/aromatic N) is 1. The lowest BCUT2D eigenvalue weighted by atomic mass is 10.3. The summed E-state index contributed by atoms with van der Waals surface area (Å²) in [5.41, 5.74) is -0.860. The molecule has 0 saturated heterocycles. The van der Waals surface area contributed by atoms with Crippen molar-refractivity contribution < 1.29 is 27.4 Å². The largest absolute Gasteiger partial charge is 0.489 e. The van der Waals surface area contributed by atoms with E-state index >= 15 is 0 Å². The van der Waals surface area contributed by atoms with Gasteiger partial charge in [-0.1, -0.05) is 46.4 Å². The molecule has 0 spiro atoms. The molecule has 0 aliphatic heterocycles. The second-order valence-corrected chi connectivity index (χ2v) is 6.92. The van der Waals surface area contributed by atoms with E-state index in [9.17, 15) is 13.2 Å². The van der Waals surface area contributed by atoms with Gasteiger partial charge in [-0.25, -0.2) is 4.98 Å². The van der Waals surface area contributed by atoms with Gasteiger partial charge in [-0.3, -0.25) is 0 Å². The van der Waals surface area contributed by atoms with Gasteiger partial charge in [0.25, 0.3) is 0 Å². The first-order valence-electron chi connectivity index (χ1n) is 7.58. The third-order valence-electron chi connectivity index (χ3n) is 3.10. The zero-order chi connectivity index (χ0) is 20.7. The van der Waals surface area contributed by atoms with E-state index < -0.39 is 11.7 Å². The van der Waals surface area contributed by atoms with Crippen LogP contribution in [0.5, 0.6) is 17.4 Å². The number of hydrogen-bond acceptors (Lipinski definition) is 4. The van der Waals surface area contributed by atoms with Crippen molar-refractivity contribution in [3.05, 3.63) is 56.6 Å².